The van der Waals surface area contributed by atoms with Crippen LogP contribution in [0.3, 0.4) is 0 Å². The van der Waals surface area contributed by atoms with Crippen LogP contribution in [0.5, 0.6) is 0 Å². The van der Waals surface area contributed by atoms with Gasteiger partial charge in [0.15, 0.2) is 0 Å². The van der Waals surface area contributed by atoms with E-state index >= 15 is 0 Å². The van der Waals surface area contributed by atoms with Gasteiger partial charge in [-0.3, -0.25) is 14.8 Å². The maximum atomic E-state index is 12.1. The lowest BCUT2D eigenvalue weighted by molar-refractivity contribution is -0.192. The molecule has 190 valence electrons. The second-order valence-electron chi connectivity index (χ2n) is 9.08. The predicted octanol–water partition coefficient (Wildman–Crippen LogP) is 5.18. The number of carboxylic acids is 1. The summed E-state index contributed by atoms with van der Waals surface area (Å²) in [6.45, 7) is 0.687. The van der Waals surface area contributed by atoms with Gasteiger partial charge in [-0.05, 0) is 48.6 Å². The van der Waals surface area contributed by atoms with E-state index in [0.717, 1.165) is 52.5 Å². The summed E-state index contributed by atoms with van der Waals surface area (Å²) in [7, 11) is 0. The molecule has 4 heterocycles. The third kappa shape index (κ3) is 6.30. The lowest BCUT2D eigenvalue weighted by Gasteiger charge is -2.11. The normalized spacial score (nSPS) is 15.6. The highest BCUT2D eigenvalue weighted by Crippen LogP contribution is 2.30. The molecular weight excluding hydrogens is 473 g/mol. The lowest BCUT2D eigenvalue weighted by Crippen LogP contribution is -2.31. The first-order chi connectivity index (χ1) is 17.2. The van der Waals surface area contributed by atoms with Crippen LogP contribution in [-0.4, -0.2) is 44.7 Å². The molecule has 0 saturated heterocycles. The maximum absolute atomic E-state index is 12.1. The number of fused-ring (bicyclic) bond motifs is 1. The molecule has 7 nitrogen and oxygen atoms in total. The zero-order valence-electron chi connectivity index (χ0n) is 19.6. The van der Waals surface area contributed by atoms with Gasteiger partial charge in [0, 0.05) is 54.1 Å². The number of nitrogens with one attached hydrogen (secondary N) is 2. The van der Waals surface area contributed by atoms with Crippen molar-refractivity contribution in [1.82, 2.24) is 20.3 Å². The van der Waals surface area contributed by atoms with Crippen molar-refractivity contribution in [3.63, 3.8) is 0 Å². The topological polar surface area (TPSA) is 108 Å². The fraction of sp³-hybridized carbons (Fsp3) is 0.385. The summed E-state index contributed by atoms with van der Waals surface area (Å²) in [6.07, 6.45) is 9.36. The minimum Gasteiger partial charge on any atom is -0.475 e. The van der Waals surface area contributed by atoms with Gasteiger partial charge in [-0.1, -0.05) is 25.7 Å². The highest BCUT2D eigenvalue weighted by Gasteiger charge is 2.38. The summed E-state index contributed by atoms with van der Waals surface area (Å²) in [5.74, 6) is -1.87. The summed E-state index contributed by atoms with van der Waals surface area (Å²) in [5.41, 5.74) is 7.00. The van der Waals surface area contributed by atoms with Gasteiger partial charge < -0.3 is 15.4 Å². The number of hydrogen-bond acceptors (Lipinski definition) is 4. The molecule has 1 saturated carbocycles. The average molecular weight is 501 g/mol. The highest BCUT2D eigenvalue weighted by molar-refractivity contribution is 5.97. The smallest absolute Gasteiger partial charge is 0.475 e. The third-order valence-corrected chi connectivity index (χ3v) is 6.52. The van der Waals surface area contributed by atoms with E-state index in [1.54, 1.807) is 0 Å². The number of aromatic amines is 1. The molecule has 3 aromatic heterocycles. The zero-order chi connectivity index (χ0) is 25.7. The Bertz CT molecular complexity index is 1230. The number of carbonyl (C=O) groups excluding carboxylic acids is 1. The van der Waals surface area contributed by atoms with Crippen LogP contribution in [0.2, 0.25) is 0 Å². The Labute approximate surface area is 206 Å². The first-order valence-electron chi connectivity index (χ1n) is 11.9. The number of pyridine rings is 2. The van der Waals surface area contributed by atoms with Crippen LogP contribution in [0.1, 0.15) is 53.7 Å². The van der Waals surface area contributed by atoms with E-state index in [0.29, 0.717) is 6.54 Å². The van der Waals surface area contributed by atoms with E-state index in [1.165, 1.54) is 37.7 Å². The number of halogens is 3. The number of alkyl halides is 3. The molecule has 10 heteroatoms. The van der Waals surface area contributed by atoms with Crippen molar-refractivity contribution < 1.29 is 27.9 Å². The fourth-order valence-corrected chi connectivity index (χ4v) is 4.64. The molecule has 36 heavy (non-hydrogen) atoms. The van der Waals surface area contributed by atoms with Crippen LogP contribution in [0.15, 0.2) is 42.9 Å². The maximum Gasteiger partial charge on any atom is 0.490 e. The molecule has 0 atom stereocenters. The second kappa shape index (κ2) is 10.9. The Balaban J connectivity index is 0.000000384. The summed E-state index contributed by atoms with van der Waals surface area (Å²) >= 11 is 0. The van der Waals surface area contributed by atoms with Gasteiger partial charge >= 0.3 is 12.1 Å². The van der Waals surface area contributed by atoms with E-state index in [4.69, 9.17) is 9.90 Å². The number of aliphatic carboxylic acids is 1. The van der Waals surface area contributed by atoms with Crippen molar-refractivity contribution in [3.05, 3.63) is 59.7 Å². The summed E-state index contributed by atoms with van der Waals surface area (Å²) in [6, 6.07) is 8.23. The van der Waals surface area contributed by atoms with E-state index in [-0.39, 0.29) is 5.91 Å². The monoisotopic (exact) mass is 500 g/mol. The van der Waals surface area contributed by atoms with Crippen LogP contribution in [0, 0.1) is 5.92 Å². The van der Waals surface area contributed by atoms with Gasteiger partial charge in [-0.15, -0.1) is 0 Å². The van der Waals surface area contributed by atoms with Crippen LogP contribution >= 0.6 is 0 Å². The average Bonchev–Trinajstić information content (AvgIpc) is 3.54. The van der Waals surface area contributed by atoms with Crippen molar-refractivity contribution in [2.24, 2.45) is 5.92 Å². The standard InChI is InChI=1S/C24H26N4O.C2HF3O2/c29-24-20-13-23(28-21(20)8-10-27-24)18-7-9-26-22(12-18)19-11-17(14-25-15-19)6-5-16-3-1-2-4-16;3-2(4,5)1(6)7/h7,9,11-16,28H,1-6,8,10H2,(H,27,29);(H,6,7). The minimum atomic E-state index is -5.08. The van der Waals surface area contributed by atoms with Crippen molar-refractivity contribution >= 4 is 11.9 Å². The molecule has 5 rings (SSSR count). The number of nitrogens with zero attached hydrogens (tertiary/aromatic N) is 2. The van der Waals surface area contributed by atoms with Crippen molar-refractivity contribution in [3.8, 4) is 22.5 Å². The lowest BCUT2D eigenvalue weighted by atomic mass is 9.98. The SMILES string of the molecule is O=C(O)C(F)(F)F.O=C1NCCc2[nH]c(-c3ccnc(-c4cncc(CCC5CCCC5)c4)c3)cc21. The number of carbonyl (C=O) groups is 2. The Kier molecular flexibility index (Phi) is 7.71. The molecule has 3 aromatic rings. The first kappa shape index (κ1) is 25.4. The molecule has 1 aliphatic carbocycles. The summed E-state index contributed by atoms with van der Waals surface area (Å²) < 4.78 is 31.7. The molecule has 0 unspecified atom stereocenters. The summed E-state index contributed by atoms with van der Waals surface area (Å²) in [4.78, 5) is 33.4. The molecule has 0 aromatic carbocycles. The minimum absolute atomic E-state index is 0.00203. The number of carboxylic acid groups (broad SMARTS) is 1. The molecule has 3 N–H and O–H groups in total. The van der Waals surface area contributed by atoms with Crippen molar-refractivity contribution in [2.75, 3.05) is 6.54 Å². The Hall–Kier alpha value is -3.69. The predicted molar refractivity (Wildman–Crippen MR) is 127 cm³/mol. The van der Waals surface area contributed by atoms with Crippen LogP contribution in [0.25, 0.3) is 22.5 Å². The van der Waals surface area contributed by atoms with Gasteiger partial charge in [0.1, 0.15) is 0 Å². The van der Waals surface area contributed by atoms with Gasteiger partial charge in [-0.25, -0.2) is 4.79 Å². The van der Waals surface area contributed by atoms with Crippen molar-refractivity contribution in [1.29, 1.82) is 0 Å². The molecule has 1 aliphatic heterocycles. The van der Waals surface area contributed by atoms with E-state index in [9.17, 15) is 18.0 Å². The van der Waals surface area contributed by atoms with Gasteiger partial charge in [0.05, 0.1) is 11.3 Å². The third-order valence-electron chi connectivity index (χ3n) is 6.52. The molecule has 1 fully saturated rings. The number of aryl methyl sites for hydroxylation is 1. The molecule has 0 bridgehead atoms. The number of hydrogen-bond donors (Lipinski definition) is 3. The van der Waals surface area contributed by atoms with Crippen molar-refractivity contribution in [2.45, 2.75) is 51.1 Å². The summed E-state index contributed by atoms with van der Waals surface area (Å²) in [5, 5.41) is 10.0. The van der Waals surface area contributed by atoms with E-state index in [2.05, 4.69) is 32.4 Å². The number of rotatable bonds is 5. The number of aromatic nitrogens is 3. The van der Waals surface area contributed by atoms with Crippen LogP contribution in [-0.2, 0) is 17.6 Å². The van der Waals surface area contributed by atoms with Gasteiger partial charge in [0.2, 0.25) is 0 Å². The fourth-order valence-electron chi connectivity index (χ4n) is 4.64. The van der Waals surface area contributed by atoms with E-state index in [1.807, 2.05) is 30.7 Å². The zero-order valence-corrected chi connectivity index (χ0v) is 19.6. The second-order valence-corrected chi connectivity index (χ2v) is 9.08. The Morgan fingerprint density at radius 1 is 1.11 bits per heavy atom. The highest BCUT2D eigenvalue weighted by atomic mass is 19.4. The molecule has 2 aliphatic rings. The van der Waals surface area contributed by atoms with Crippen LogP contribution in [0.4, 0.5) is 13.2 Å². The van der Waals surface area contributed by atoms with Gasteiger partial charge in [0.25, 0.3) is 5.91 Å². The first-order valence-corrected chi connectivity index (χ1v) is 11.9. The Morgan fingerprint density at radius 3 is 2.56 bits per heavy atom. The molecule has 0 spiro atoms. The Morgan fingerprint density at radius 2 is 1.86 bits per heavy atom. The number of amides is 1. The number of H-pyrrole nitrogens is 1. The van der Waals surface area contributed by atoms with E-state index < -0.39 is 12.1 Å². The molecule has 1 amide bonds. The quantitative estimate of drug-likeness (QED) is 0.447. The molecular formula is C26H27F3N4O3. The van der Waals surface area contributed by atoms with Gasteiger partial charge in [-0.2, -0.15) is 13.2 Å². The molecule has 0 radical (unpaired) electrons. The largest absolute Gasteiger partial charge is 0.490 e. The van der Waals surface area contributed by atoms with Crippen LogP contribution < -0.4 is 5.32 Å².